The molecule has 0 spiro atoms. The quantitative estimate of drug-likeness (QED) is 0.721. The van der Waals surface area contributed by atoms with Gasteiger partial charge in [-0.25, -0.2) is 5.01 Å². The minimum Gasteiger partial charge on any atom is -0.289 e. The number of carbonyl (C=O) groups is 1. The number of aromatic nitrogens is 1. The van der Waals surface area contributed by atoms with Gasteiger partial charge in [0.1, 0.15) is 0 Å². The van der Waals surface area contributed by atoms with Crippen molar-refractivity contribution in [1.82, 2.24) is 15.4 Å². The highest BCUT2D eigenvalue weighted by Gasteiger charge is 2.15. The zero-order chi connectivity index (χ0) is 10.6. The van der Waals surface area contributed by atoms with Crippen LogP contribution in [0, 0.1) is 0 Å². The predicted octanol–water partition coefficient (Wildman–Crippen LogP) is 0.778. The number of nitrogens with one attached hydrogen (secondary N) is 1. The number of amides is 1. The zero-order valence-electron chi connectivity index (χ0n) is 8.69. The second kappa shape index (κ2) is 4.72. The summed E-state index contributed by atoms with van der Waals surface area (Å²) in [6.07, 6.45) is 1.69. The topological polar surface area (TPSA) is 45.2 Å². The monoisotopic (exact) mass is 193 g/mol. The summed E-state index contributed by atoms with van der Waals surface area (Å²) in [4.78, 5) is 15.7. The van der Waals surface area contributed by atoms with Crippen molar-refractivity contribution < 1.29 is 4.79 Å². The number of pyridine rings is 1. The second-order valence-corrected chi connectivity index (χ2v) is 3.35. The highest BCUT2D eigenvalue weighted by molar-refractivity contribution is 5.82. The predicted molar refractivity (Wildman–Crippen MR) is 54.5 cm³/mol. The smallest absolute Gasteiger partial charge is 0.243 e. The molecular formula is C10H15N3O. The van der Waals surface area contributed by atoms with E-state index >= 15 is 0 Å². The summed E-state index contributed by atoms with van der Waals surface area (Å²) in [5.41, 5.74) is 3.48. The van der Waals surface area contributed by atoms with Crippen molar-refractivity contribution in [3.8, 4) is 0 Å². The number of hydrazine groups is 1. The molecule has 1 N–H and O–H groups in total. The lowest BCUT2D eigenvalue weighted by atomic mass is 10.1. The van der Waals surface area contributed by atoms with Gasteiger partial charge in [-0.15, -0.1) is 0 Å². The summed E-state index contributed by atoms with van der Waals surface area (Å²) in [6, 6.07) is 5.56. The molecule has 0 aliphatic heterocycles. The van der Waals surface area contributed by atoms with Crippen LogP contribution >= 0.6 is 0 Å². The molecule has 0 bridgehead atoms. The Morgan fingerprint density at radius 2 is 2.21 bits per heavy atom. The van der Waals surface area contributed by atoms with Crippen LogP contribution in [-0.4, -0.2) is 30.0 Å². The van der Waals surface area contributed by atoms with Gasteiger partial charge in [0.25, 0.3) is 0 Å². The van der Waals surface area contributed by atoms with Crippen molar-refractivity contribution in [2.75, 3.05) is 14.1 Å². The molecule has 1 unspecified atom stereocenters. The first-order valence-corrected chi connectivity index (χ1v) is 4.50. The minimum atomic E-state index is -0.224. The molecule has 0 aliphatic carbocycles. The molecule has 1 amide bonds. The molecule has 0 fully saturated rings. The lowest BCUT2D eigenvalue weighted by Gasteiger charge is -2.15. The fraction of sp³-hybridized carbons (Fsp3) is 0.400. The molecule has 14 heavy (non-hydrogen) atoms. The van der Waals surface area contributed by atoms with E-state index in [2.05, 4.69) is 10.4 Å². The molecule has 1 atom stereocenters. The Morgan fingerprint density at radius 1 is 1.50 bits per heavy atom. The van der Waals surface area contributed by atoms with Gasteiger partial charge in [-0.05, 0) is 19.1 Å². The third-order valence-corrected chi connectivity index (χ3v) is 1.86. The number of carbonyl (C=O) groups excluding carboxylic acids is 1. The molecule has 1 rings (SSSR count). The number of hydrogen-bond donors (Lipinski definition) is 1. The average molecular weight is 193 g/mol. The van der Waals surface area contributed by atoms with E-state index in [4.69, 9.17) is 0 Å². The third kappa shape index (κ3) is 2.81. The van der Waals surface area contributed by atoms with Crippen LogP contribution in [0.2, 0.25) is 0 Å². The van der Waals surface area contributed by atoms with E-state index in [1.807, 2.05) is 25.1 Å². The van der Waals surface area contributed by atoms with Gasteiger partial charge in [0, 0.05) is 20.3 Å². The highest BCUT2D eigenvalue weighted by atomic mass is 16.2. The van der Waals surface area contributed by atoms with Crippen molar-refractivity contribution in [2.45, 2.75) is 12.8 Å². The Bertz CT molecular complexity index is 297. The van der Waals surface area contributed by atoms with Crippen molar-refractivity contribution in [3.63, 3.8) is 0 Å². The van der Waals surface area contributed by atoms with E-state index in [-0.39, 0.29) is 11.8 Å². The van der Waals surface area contributed by atoms with Gasteiger partial charge >= 0.3 is 0 Å². The van der Waals surface area contributed by atoms with Crippen LogP contribution in [0.3, 0.4) is 0 Å². The minimum absolute atomic E-state index is 0.0475. The zero-order valence-corrected chi connectivity index (χ0v) is 8.69. The average Bonchev–Trinajstić information content (AvgIpc) is 2.17. The summed E-state index contributed by atoms with van der Waals surface area (Å²) in [5, 5.41) is 1.63. The standard InChI is InChI=1S/C10H15N3O/c1-8(10(14)12-13(2)3)9-6-4-5-7-11-9/h4-8H,1-3H3,(H,12,14). The van der Waals surface area contributed by atoms with Gasteiger partial charge in [0.05, 0.1) is 11.6 Å². The lowest BCUT2D eigenvalue weighted by Crippen LogP contribution is -2.38. The first-order valence-electron chi connectivity index (χ1n) is 4.50. The summed E-state index contributed by atoms with van der Waals surface area (Å²) >= 11 is 0. The second-order valence-electron chi connectivity index (χ2n) is 3.35. The van der Waals surface area contributed by atoms with Gasteiger partial charge in [-0.2, -0.15) is 0 Å². The first kappa shape index (κ1) is 10.7. The maximum absolute atomic E-state index is 11.6. The molecule has 76 valence electrons. The third-order valence-electron chi connectivity index (χ3n) is 1.86. The molecule has 4 heteroatoms. The molecule has 0 saturated carbocycles. The molecule has 1 heterocycles. The van der Waals surface area contributed by atoms with Crippen molar-refractivity contribution in [3.05, 3.63) is 30.1 Å². The summed E-state index contributed by atoms with van der Waals surface area (Å²) in [5.74, 6) is -0.271. The number of rotatable bonds is 3. The maximum atomic E-state index is 11.6. The van der Waals surface area contributed by atoms with E-state index in [9.17, 15) is 4.79 Å². The van der Waals surface area contributed by atoms with Crippen LogP contribution in [0.15, 0.2) is 24.4 Å². The van der Waals surface area contributed by atoms with E-state index in [1.54, 1.807) is 25.3 Å². The Balaban J connectivity index is 2.66. The normalized spacial score (nSPS) is 12.6. The van der Waals surface area contributed by atoms with Crippen LogP contribution in [0.1, 0.15) is 18.5 Å². The van der Waals surface area contributed by atoms with E-state index < -0.39 is 0 Å². The Labute approximate surface area is 83.9 Å². The Kier molecular flexibility index (Phi) is 3.59. The van der Waals surface area contributed by atoms with E-state index in [0.717, 1.165) is 5.69 Å². The number of hydrogen-bond acceptors (Lipinski definition) is 3. The van der Waals surface area contributed by atoms with Crippen LogP contribution < -0.4 is 5.43 Å². The molecule has 0 radical (unpaired) electrons. The summed E-state index contributed by atoms with van der Waals surface area (Å²) in [7, 11) is 3.56. The maximum Gasteiger partial charge on any atom is 0.243 e. The van der Waals surface area contributed by atoms with Gasteiger partial charge in [0.15, 0.2) is 0 Å². The van der Waals surface area contributed by atoms with Gasteiger partial charge in [0.2, 0.25) is 5.91 Å². The molecule has 1 aromatic heterocycles. The van der Waals surface area contributed by atoms with Crippen molar-refractivity contribution >= 4 is 5.91 Å². The van der Waals surface area contributed by atoms with Crippen LogP contribution in [0.25, 0.3) is 0 Å². The lowest BCUT2D eigenvalue weighted by molar-refractivity contribution is -0.126. The van der Waals surface area contributed by atoms with Gasteiger partial charge in [-0.1, -0.05) is 6.07 Å². The van der Waals surface area contributed by atoms with E-state index in [0.29, 0.717) is 0 Å². The molecule has 0 aromatic carbocycles. The SMILES string of the molecule is CC(C(=O)NN(C)C)c1ccccn1. The Hall–Kier alpha value is -1.42. The molecule has 4 nitrogen and oxygen atoms in total. The van der Waals surface area contributed by atoms with E-state index in [1.165, 1.54) is 0 Å². The largest absolute Gasteiger partial charge is 0.289 e. The van der Waals surface area contributed by atoms with Crippen LogP contribution in [0.4, 0.5) is 0 Å². The summed E-state index contributed by atoms with van der Waals surface area (Å²) in [6.45, 7) is 1.83. The molecule has 0 aliphatic rings. The van der Waals surface area contributed by atoms with Crippen molar-refractivity contribution in [1.29, 1.82) is 0 Å². The molecular weight excluding hydrogens is 178 g/mol. The molecule has 0 saturated heterocycles. The van der Waals surface area contributed by atoms with Gasteiger partial charge < -0.3 is 0 Å². The first-order chi connectivity index (χ1) is 6.61. The molecule has 1 aromatic rings. The fourth-order valence-electron chi connectivity index (χ4n) is 1.08. The number of nitrogens with zero attached hydrogens (tertiary/aromatic N) is 2. The van der Waals surface area contributed by atoms with Crippen LogP contribution in [-0.2, 0) is 4.79 Å². The van der Waals surface area contributed by atoms with Crippen LogP contribution in [0.5, 0.6) is 0 Å². The fourth-order valence-corrected chi connectivity index (χ4v) is 1.08. The van der Waals surface area contributed by atoms with Gasteiger partial charge in [-0.3, -0.25) is 15.2 Å². The highest BCUT2D eigenvalue weighted by Crippen LogP contribution is 2.11. The Morgan fingerprint density at radius 3 is 2.71 bits per heavy atom. The summed E-state index contributed by atoms with van der Waals surface area (Å²) < 4.78 is 0. The van der Waals surface area contributed by atoms with Crippen molar-refractivity contribution in [2.24, 2.45) is 0 Å².